The van der Waals surface area contributed by atoms with Crippen LogP contribution in [0.4, 0.5) is 5.69 Å². The molecular formula is C15H17NO. The van der Waals surface area contributed by atoms with Gasteiger partial charge in [-0.05, 0) is 30.2 Å². The summed E-state index contributed by atoms with van der Waals surface area (Å²) in [6, 6.07) is 18.4. The smallest absolute Gasteiger partial charge is 0.0682 e. The van der Waals surface area contributed by atoms with Gasteiger partial charge in [0.25, 0.3) is 0 Å². The molecule has 0 aliphatic rings. The lowest BCUT2D eigenvalue weighted by molar-refractivity contribution is 0.282. The van der Waals surface area contributed by atoms with E-state index in [1.54, 1.807) is 0 Å². The van der Waals surface area contributed by atoms with Crippen LogP contribution in [0.15, 0.2) is 54.6 Å². The van der Waals surface area contributed by atoms with Gasteiger partial charge in [-0.3, -0.25) is 0 Å². The minimum absolute atomic E-state index is 0.0786. The molecule has 0 radical (unpaired) electrons. The summed E-state index contributed by atoms with van der Waals surface area (Å²) in [5.41, 5.74) is 3.21. The second-order valence-electron chi connectivity index (χ2n) is 4.14. The van der Waals surface area contributed by atoms with Crippen LogP contribution >= 0.6 is 0 Å². The summed E-state index contributed by atoms with van der Waals surface area (Å²) in [5.74, 6) is 0. The summed E-state index contributed by atoms with van der Waals surface area (Å²) in [6.07, 6.45) is 0. The maximum atomic E-state index is 9.09. The van der Waals surface area contributed by atoms with E-state index in [4.69, 9.17) is 5.11 Å². The summed E-state index contributed by atoms with van der Waals surface area (Å²) in [7, 11) is 0. The van der Waals surface area contributed by atoms with Gasteiger partial charge >= 0.3 is 0 Å². The van der Waals surface area contributed by atoms with Crippen LogP contribution in [-0.4, -0.2) is 5.11 Å². The lowest BCUT2D eigenvalue weighted by Gasteiger charge is -2.16. The van der Waals surface area contributed by atoms with Gasteiger partial charge in [0.1, 0.15) is 0 Å². The molecule has 88 valence electrons. The monoisotopic (exact) mass is 227 g/mol. The van der Waals surface area contributed by atoms with E-state index in [1.165, 1.54) is 5.56 Å². The molecule has 17 heavy (non-hydrogen) atoms. The predicted molar refractivity (Wildman–Crippen MR) is 70.8 cm³/mol. The first kappa shape index (κ1) is 11.7. The molecule has 1 unspecified atom stereocenters. The Hall–Kier alpha value is -1.80. The molecule has 0 aromatic heterocycles. The molecule has 0 saturated heterocycles. The standard InChI is InChI=1S/C15H17NO/c1-12(14-7-3-2-4-8-14)16-15-9-5-6-13(10-15)11-17/h2-10,12,16-17H,11H2,1H3. The normalized spacial score (nSPS) is 12.1. The Kier molecular flexibility index (Phi) is 3.78. The first-order valence-corrected chi connectivity index (χ1v) is 5.81. The molecule has 0 aliphatic carbocycles. The molecule has 0 bridgehead atoms. The molecule has 0 aliphatic heterocycles. The van der Waals surface area contributed by atoms with E-state index < -0.39 is 0 Å². The van der Waals surface area contributed by atoms with E-state index in [1.807, 2.05) is 42.5 Å². The summed E-state index contributed by atoms with van der Waals surface area (Å²) < 4.78 is 0. The van der Waals surface area contributed by atoms with Crippen molar-refractivity contribution in [3.05, 3.63) is 65.7 Å². The van der Waals surface area contributed by atoms with Crippen molar-refractivity contribution < 1.29 is 5.11 Å². The summed E-state index contributed by atoms with van der Waals surface area (Å²) in [4.78, 5) is 0. The Bertz CT molecular complexity index is 467. The molecule has 0 fully saturated rings. The molecule has 2 nitrogen and oxygen atoms in total. The van der Waals surface area contributed by atoms with E-state index in [0.29, 0.717) is 0 Å². The Morgan fingerprint density at radius 3 is 2.53 bits per heavy atom. The van der Waals surface area contributed by atoms with Crippen molar-refractivity contribution in [1.29, 1.82) is 0 Å². The minimum atomic E-state index is 0.0786. The summed E-state index contributed by atoms with van der Waals surface area (Å²) in [5, 5.41) is 12.5. The molecule has 0 amide bonds. The van der Waals surface area contributed by atoms with Crippen molar-refractivity contribution in [3.8, 4) is 0 Å². The van der Waals surface area contributed by atoms with Crippen LogP contribution in [0.2, 0.25) is 0 Å². The molecule has 0 spiro atoms. The first-order chi connectivity index (χ1) is 8.29. The van der Waals surface area contributed by atoms with Gasteiger partial charge in [-0.1, -0.05) is 42.5 Å². The van der Waals surface area contributed by atoms with E-state index in [0.717, 1.165) is 11.3 Å². The fourth-order valence-corrected chi connectivity index (χ4v) is 1.83. The van der Waals surface area contributed by atoms with Crippen LogP contribution in [-0.2, 0) is 6.61 Å². The lowest BCUT2D eigenvalue weighted by Crippen LogP contribution is -2.06. The maximum Gasteiger partial charge on any atom is 0.0682 e. The summed E-state index contributed by atoms with van der Waals surface area (Å²) in [6.45, 7) is 2.20. The number of rotatable bonds is 4. The third kappa shape index (κ3) is 3.08. The quantitative estimate of drug-likeness (QED) is 0.839. The van der Waals surface area contributed by atoms with Crippen molar-refractivity contribution in [1.82, 2.24) is 0 Å². The Labute approximate surface area is 102 Å². The number of hydrogen-bond acceptors (Lipinski definition) is 2. The van der Waals surface area contributed by atoms with E-state index in [2.05, 4.69) is 24.4 Å². The third-order valence-corrected chi connectivity index (χ3v) is 2.79. The van der Waals surface area contributed by atoms with Crippen molar-refractivity contribution in [2.45, 2.75) is 19.6 Å². The molecule has 2 heteroatoms. The third-order valence-electron chi connectivity index (χ3n) is 2.79. The number of anilines is 1. The zero-order chi connectivity index (χ0) is 12.1. The highest BCUT2D eigenvalue weighted by Gasteiger charge is 2.04. The molecule has 1 atom stereocenters. The van der Waals surface area contributed by atoms with Gasteiger partial charge in [0.2, 0.25) is 0 Å². The summed E-state index contributed by atoms with van der Waals surface area (Å²) >= 11 is 0. The second kappa shape index (κ2) is 5.51. The van der Waals surface area contributed by atoms with Crippen LogP contribution in [0.3, 0.4) is 0 Å². The topological polar surface area (TPSA) is 32.3 Å². The van der Waals surface area contributed by atoms with Crippen LogP contribution < -0.4 is 5.32 Å². The van der Waals surface area contributed by atoms with E-state index in [-0.39, 0.29) is 12.6 Å². The first-order valence-electron chi connectivity index (χ1n) is 5.81. The van der Waals surface area contributed by atoms with Gasteiger partial charge in [0.05, 0.1) is 6.61 Å². The molecule has 2 rings (SSSR count). The molecule has 0 saturated carbocycles. The number of benzene rings is 2. The van der Waals surface area contributed by atoms with Crippen molar-refractivity contribution in [2.75, 3.05) is 5.32 Å². The average molecular weight is 227 g/mol. The fourth-order valence-electron chi connectivity index (χ4n) is 1.83. The van der Waals surface area contributed by atoms with Crippen LogP contribution in [0.25, 0.3) is 0 Å². The number of aliphatic hydroxyl groups is 1. The number of nitrogens with one attached hydrogen (secondary N) is 1. The highest BCUT2D eigenvalue weighted by atomic mass is 16.3. The maximum absolute atomic E-state index is 9.09. The lowest BCUT2D eigenvalue weighted by atomic mass is 10.1. The van der Waals surface area contributed by atoms with E-state index in [9.17, 15) is 0 Å². The molecule has 2 aromatic rings. The Morgan fingerprint density at radius 2 is 1.82 bits per heavy atom. The van der Waals surface area contributed by atoms with Crippen molar-refractivity contribution >= 4 is 5.69 Å². The average Bonchev–Trinajstić information content (AvgIpc) is 2.40. The van der Waals surface area contributed by atoms with Gasteiger partial charge in [-0.15, -0.1) is 0 Å². The minimum Gasteiger partial charge on any atom is -0.392 e. The highest BCUT2D eigenvalue weighted by Crippen LogP contribution is 2.19. The van der Waals surface area contributed by atoms with Crippen LogP contribution in [0, 0.1) is 0 Å². The Morgan fingerprint density at radius 1 is 1.06 bits per heavy atom. The van der Waals surface area contributed by atoms with Gasteiger partial charge in [0, 0.05) is 11.7 Å². The van der Waals surface area contributed by atoms with Gasteiger partial charge in [0.15, 0.2) is 0 Å². The number of aliphatic hydroxyl groups excluding tert-OH is 1. The molecule has 0 heterocycles. The van der Waals surface area contributed by atoms with Crippen molar-refractivity contribution in [2.24, 2.45) is 0 Å². The molecule has 2 N–H and O–H groups in total. The largest absolute Gasteiger partial charge is 0.392 e. The zero-order valence-corrected chi connectivity index (χ0v) is 9.93. The fraction of sp³-hybridized carbons (Fsp3) is 0.200. The second-order valence-corrected chi connectivity index (χ2v) is 4.14. The Balaban J connectivity index is 2.10. The van der Waals surface area contributed by atoms with E-state index >= 15 is 0 Å². The van der Waals surface area contributed by atoms with Gasteiger partial charge < -0.3 is 10.4 Å². The van der Waals surface area contributed by atoms with Gasteiger partial charge in [-0.25, -0.2) is 0 Å². The predicted octanol–water partition coefficient (Wildman–Crippen LogP) is 3.35. The number of hydrogen-bond donors (Lipinski definition) is 2. The zero-order valence-electron chi connectivity index (χ0n) is 9.93. The SMILES string of the molecule is CC(Nc1cccc(CO)c1)c1ccccc1. The van der Waals surface area contributed by atoms with Crippen LogP contribution in [0.1, 0.15) is 24.1 Å². The van der Waals surface area contributed by atoms with Crippen LogP contribution in [0.5, 0.6) is 0 Å². The molecule has 2 aromatic carbocycles. The molecular weight excluding hydrogens is 210 g/mol. The van der Waals surface area contributed by atoms with Crippen molar-refractivity contribution in [3.63, 3.8) is 0 Å². The van der Waals surface area contributed by atoms with Gasteiger partial charge in [-0.2, -0.15) is 0 Å². The highest BCUT2D eigenvalue weighted by molar-refractivity contribution is 5.47.